The lowest BCUT2D eigenvalue weighted by atomic mass is 9.98. The van der Waals surface area contributed by atoms with Crippen LogP contribution in [0.5, 0.6) is 0 Å². The zero-order chi connectivity index (χ0) is 12.6. The minimum absolute atomic E-state index is 0.0296. The van der Waals surface area contributed by atoms with Crippen LogP contribution >= 0.6 is 11.3 Å². The van der Waals surface area contributed by atoms with Gasteiger partial charge >= 0.3 is 0 Å². The third-order valence-corrected chi connectivity index (χ3v) is 7.90. The minimum atomic E-state index is -2.14. The fourth-order valence-electron chi connectivity index (χ4n) is 1.29. The van der Waals surface area contributed by atoms with Crippen LogP contribution in [0.25, 0.3) is 0 Å². The molecular formula is C10H17B2NOSSi. The number of aromatic nitrogens is 1. The molecule has 1 N–H and O–H groups in total. The van der Waals surface area contributed by atoms with Gasteiger partial charge < -0.3 is 4.80 Å². The molecule has 0 spiro atoms. The summed E-state index contributed by atoms with van der Waals surface area (Å²) in [5, 5.41) is -0.0296. The highest BCUT2D eigenvalue weighted by Gasteiger charge is 2.37. The fourth-order valence-corrected chi connectivity index (χ4v) is 2.78. The summed E-state index contributed by atoms with van der Waals surface area (Å²) in [5.41, 5.74) is 0.538. The van der Waals surface area contributed by atoms with Gasteiger partial charge in [-0.15, -0.1) is 11.3 Å². The van der Waals surface area contributed by atoms with Gasteiger partial charge in [-0.1, -0.05) is 13.8 Å². The van der Waals surface area contributed by atoms with E-state index in [4.69, 9.17) is 15.7 Å². The van der Waals surface area contributed by atoms with E-state index in [9.17, 15) is 4.80 Å². The quantitative estimate of drug-likeness (QED) is 0.794. The maximum atomic E-state index is 10.2. The van der Waals surface area contributed by atoms with Crippen molar-refractivity contribution in [1.29, 1.82) is 0 Å². The molecule has 2 nitrogen and oxygen atoms in total. The molecule has 0 unspecified atom stereocenters. The first-order chi connectivity index (χ1) is 7.13. The van der Waals surface area contributed by atoms with Crippen molar-refractivity contribution in [2.75, 3.05) is 0 Å². The topological polar surface area (TPSA) is 33.1 Å². The van der Waals surface area contributed by atoms with Crippen molar-refractivity contribution < 1.29 is 4.80 Å². The third-order valence-electron chi connectivity index (χ3n) is 3.38. The van der Waals surface area contributed by atoms with Crippen LogP contribution < -0.4 is 10.5 Å². The Balaban J connectivity index is 2.68. The molecule has 0 saturated carbocycles. The second kappa shape index (κ2) is 4.67. The number of nitrogens with zero attached hydrogens (tertiary/aromatic N) is 1. The zero-order valence-corrected chi connectivity index (χ0v) is 12.2. The average Bonchev–Trinajstić information content (AvgIpc) is 2.39. The lowest BCUT2D eigenvalue weighted by molar-refractivity contribution is 0.452. The van der Waals surface area contributed by atoms with E-state index in [0.717, 1.165) is 17.7 Å². The van der Waals surface area contributed by atoms with Gasteiger partial charge in [0, 0.05) is 15.4 Å². The second-order valence-electron chi connectivity index (χ2n) is 5.30. The highest BCUT2D eigenvalue weighted by molar-refractivity contribution is 7.20. The molecule has 0 aromatic carbocycles. The van der Waals surface area contributed by atoms with Crippen LogP contribution in [0.2, 0.25) is 18.1 Å². The van der Waals surface area contributed by atoms with Gasteiger partial charge in [0.2, 0.25) is 0 Å². The first kappa shape index (κ1) is 14.0. The Morgan fingerprint density at radius 2 is 1.94 bits per heavy atom. The normalized spacial score (nSPS) is 13.1. The summed E-state index contributed by atoms with van der Waals surface area (Å²) in [5.74, 6) is 0. The molecule has 0 aliphatic heterocycles. The summed E-state index contributed by atoms with van der Waals surface area (Å²) >= 11 is 1.44. The highest BCUT2D eigenvalue weighted by Crippen LogP contribution is 2.39. The molecular weight excluding hydrogens is 232 g/mol. The zero-order valence-electron chi connectivity index (χ0n) is 10.4. The summed E-state index contributed by atoms with van der Waals surface area (Å²) in [6, 6.07) is 0. The van der Waals surface area contributed by atoms with Gasteiger partial charge in [-0.3, -0.25) is 4.98 Å². The monoisotopic (exact) mass is 249 g/mol. The predicted molar refractivity (Wildman–Crippen MR) is 75.0 cm³/mol. The first-order valence-corrected chi connectivity index (χ1v) is 9.13. The molecule has 4 radical (unpaired) electrons. The average molecular weight is 249 g/mol. The molecule has 0 bridgehead atoms. The Bertz CT molecular complexity index is 373. The number of hydrogen-bond donors (Lipinski definition) is 1. The van der Waals surface area contributed by atoms with Gasteiger partial charge in [-0.05, 0) is 31.0 Å². The maximum Gasteiger partial charge on any atom is 0.188 e. The van der Waals surface area contributed by atoms with Gasteiger partial charge in [0.25, 0.3) is 0 Å². The summed E-state index contributed by atoms with van der Waals surface area (Å²) in [6.45, 7) is 8.16. The molecule has 1 rings (SSSR count). The summed E-state index contributed by atoms with van der Waals surface area (Å²) in [7, 11) is 9.20. The van der Waals surface area contributed by atoms with E-state index in [-0.39, 0.29) is 5.04 Å². The van der Waals surface area contributed by atoms with E-state index in [2.05, 4.69) is 18.8 Å². The number of rotatable bonds is 4. The number of aryl methyl sites for hydroxylation is 1. The van der Waals surface area contributed by atoms with Crippen LogP contribution in [-0.2, 0) is 6.42 Å². The first-order valence-electron chi connectivity index (χ1n) is 5.36. The van der Waals surface area contributed by atoms with E-state index in [1.54, 1.807) is 0 Å². The summed E-state index contributed by atoms with van der Waals surface area (Å²) < 4.78 is 0. The van der Waals surface area contributed by atoms with E-state index in [1.165, 1.54) is 11.3 Å². The largest absolute Gasteiger partial charge is 0.432 e. The van der Waals surface area contributed by atoms with Crippen molar-refractivity contribution in [1.82, 2.24) is 4.98 Å². The molecule has 84 valence electrons. The molecule has 0 aliphatic rings. The molecule has 16 heavy (non-hydrogen) atoms. The lowest BCUT2D eigenvalue weighted by Crippen LogP contribution is -2.39. The summed E-state index contributed by atoms with van der Waals surface area (Å²) in [4.78, 5) is 15.7. The molecule has 0 saturated heterocycles. The van der Waals surface area contributed by atoms with E-state index in [1.807, 2.05) is 13.1 Å². The van der Waals surface area contributed by atoms with Crippen molar-refractivity contribution in [2.45, 2.75) is 44.8 Å². The van der Waals surface area contributed by atoms with Crippen molar-refractivity contribution in [3.63, 3.8) is 0 Å². The molecule has 1 aromatic heterocycles. The molecule has 1 aromatic rings. The molecule has 0 atom stereocenters. The van der Waals surface area contributed by atoms with Crippen molar-refractivity contribution in [2.24, 2.45) is 0 Å². The Hall–Kier alpha value is -0.0632. The summed E-state index contributed by atoms with van der Waals surface area (Å²) in [6.07, 6.45) is 1.75. The van der Waals surface area contributed by atoms with Crippen LogP contribution in [0.4, 0.5) is 0 Å². The minimum Gasteiger partial charge on any atom is -0.432 e. The van der Waals surface area contributed by atoms with E-state index in [0.29, 0.717) is 10.5 Å². The van der Waals surface area contributed by atoms with Gasteiger partial charge in [-0.25, -0.2) is 0 Å². The van der Waals surface area contributed by atoms with Crippen molar-refractivity contribution >= 4 is 45.8 Å². The van der Waals surface area contributed by atoms with Gasteiger partial charge in [0.15, 0.2) is 16.2 Å². The van der Waals surface area contributed by atoms with Crippen LogP contribution in [0.15, 0.2) is 0 Å². The number of hydrogen-bond acceptors (Lipinski definition) is 3. The molecule has 6 heteroatoms. The van der Waals surface area contributed by atoms with Crippen LogP contribution in [0.3, 0.4) is 0 Å². The predicted octanol–water partition coefficient (Wildman–Crippen LogP) is 0.641. The molecule has 0 aliphatic carbocycles. The third kappa shape index (κ3) is 3.21. The van der Waals surface area contributed by atoms with Crippen molar-refractivity contribution in [3.8, 4) is 0 Å². The van der Waals surface area contributed by atoms with Gasteiger partial charge in [0.05, 0.1) is 0 Å². The Kier molecular flexibility index (Phi) is 4.08. The Morgan fingerprint density at radius 3 is 2.31 bits per heavy atom. The fraction of sp³-hybridized carbons (Fsp3) is 0.700. The maximum absolute atomic E-state index is 10.2. The molecule has 1 heterocycles. The Labute approximate surface area is 105 Å². The van der Waals surface area contributed by atoms with Gasteiger partial charge in [-0.2, -0.15) is 0 Å². The lowest BCUT2D eigenvalue weighted by Gasteiger charge is -2.35. The molecule has 0 amide bonds. The van der Waals surface area contributed by atoms with Crippen LogP contribution in [0.1, 0.15) is 25.1 Å². The highest BCUT2D eigenvalue weighted by atomic mass is 32.1. The van der Waals surface area contributed by atoms with Gasteiger partial charge in [0.1, 0.15) is 7.85 Å². The standard InChI is InChI=1S/C10H17B2NOSSi/c1-10(2,16(3,4)14)6-5-7-8(11)13-9(12)15-7/h14H,5-6H2,1-4H3. The molecule has 0 fully saturated rings. The van der Waals surface area contributed by atoms with E-state index >= 15 is 0 Å². The number of thiazole rings is 1. The Morgan fingerprint density at radius 1 is 1.38 bits per heavy atom. The van der Waals surface area contributed by atoms with E-state index < -0.39 is 8.32 Å². The SMILES string of the molecule is [B]c1nc([B])c(CCC(C)(C)[Si](C)(C)O)s1. The van der Waals surface area contributed by atoms with Crippen LogP contribution in [-0.4, -0.2) is 33.8 Å². The smallest absolute Gasteiger partial charge is 0.188 e. The second-order valence-corrected chi connectivity index (χ2v) is 10.9. The van der Waals surface area contributed by atoms with Crippen molar-refractivity contribution in [3.05, 3.63) is 4.88 Å². The van der Waals surface area contributed by atoms with Crippen LogP contribution in [0, 0.1) is 0 Å².